The smallest absolute Gasteiger partial charge is 0.0595 e. The normalized spacial score (nSPS) is 15.0. The Morgan fingerprint density at radius 2 is 1.87 bits per heavy atom. The number of nitrogens with one attached hydrogen (secondary N) is 1. The van der Waals surface area contributed by atoms with E-state index in [1.54, 1.807) is 0 Å². The Kier molecular flexibility index (Phi) is 4.91. The summed E-state index contributed by atoms with van der Waals surface area (Å²) < 4.78 is 0. The summed E-state index contributed by atoms with van der Waals surface area (Å²) in [6.07, 6.45) is 1.12. The van der Waals surface area contributed by atoms with E-state index in [-0.39, 0.29) is 0 Å². The van der Waals surface area contributed by atoms with Crippen LogP contribution < -0.4 is 5.32 Å². The summed E-state index contributed by atoms with van der Waals surface area (Å²) in [7, 11) is 0. The molecule has 1 aromatic rings. The Labute approximate surface area is 102 Å². The van der Waals surface area contributed by atoms with Crippen molar-refractivity contribution in [1.82, 2.24) is 5.32 Å². The van der Waals surface area contributed by atoms with Crippen molar-refractivity contribution in [2.24, 2.45) is 0 Å². The number of hydrogen-bond donors (Lipinski definition) is 1. The van der Waals surface area contributed by atoms with Crippen LogP contribution in [0.2, 0.25) is 10.0 Å². The Morgan fingerprint density at radius 3 is 2.40 bits per heavy atom. The highest BCUT2D eigenvalue weighted by Gasteiger charge is 2.09. The van der Waals surface area contributed by atoms with E-state index in [2.05, 4.69) is 26.1 Å². The fourth-order valence-corrected chi connectivity index (χ4v) is 1.73. The highest BCUT2D eigenvalue weighted by atomic mass is 35.5. The Bertz CT molecular complexity index is 325. The molecule has 0 aromatic heterocycles. The maximum absolute atomic E-state index is 5.97. The second kappa shape index (κ2) is 5.74. The van der Waals surface area contributed by atoms with Crippen molar-refractivity contribution >= 4 is 23.2 Å². The second-order valence-electron chi connectivity index (χ2n) is 3.87. The van der Waals surface area contributed by atoms with Crippen molar-refractivity contribution < 1.29 is 0 Å². The summed E-state index contributed by atoms with van der Waals surface area (Å²) in [4.78, 5) is 0. The lowest BCUT2D eigenvalue weighted by Gasteiger charge is -2.19. The van der Waals surface area contributed by atoms with Gasteiger partial charge in [-0.25, -0.2) is 0 Å². The molecule has 15 heavy (non-hydrogen) atoms. The number of rotatable bonds is 4. The molecule has 0 aliphatic heterocycles. The molecule has 2 atom stereocenters. The van der Waals surface area contributed by atoms with E-state index in [0.29, 0.717) is 22.1 Å². The van der Waals surface area contributed by atoms with Gasteiger partial charge in [-0.05, 0) is 38.0 Å². The van der Waals surface area contributed by atoms with Gasteiger partial charge in [0.25, 0.3) is 0 Å². The number of benzene rings is 1. The lowest BCUT2D eigenvalue weighted by atomic mass is 10.1. The molecule has 0 saturated carbocycles. The average molecular weight is 246 g/mol. The van der Waals surface area contributed by atoms with Crippen molar-refractivity contribution in [2.75, 3.05) is 0 Å². The molecule has 0 heterocycles. The zero-order valence-electron chi connectivity index (χ0n) is 9.35. The van der Waals surface area contributed by atoms with Crippen LogP contribution in [0.15, 0.2) is 18.2 Å². The molecule has 1 nitrogen and oxygen atoms in total. The molecule has 3 heteroatoms. The van der Waals surface area contributed by atoms with Gasteiger partial charge in [0.1, 0.15) is 0 Å². The molecule has 0 amide bonds. The SMILES string of the molecule is CC[C@H](C)N[C@@H](C)c1ccc(Cl)c(Cl)c1. The van der Waals surface area contributed by atoms with Gasteiger partial charge in [0.2, 0.25) is 0 Å². The first-order valence-electron chi connectivity index (χ1n) is 5.25. The minimum Gasteiger partial charge on any atom is -0.308 e. The zero-order chi connectivity index (χ0) is 11.4. The quantitative estimate of drug-likeness (QED) is 0.827. The summed E-state index contributed by atoms with van der Waals surface area (Å²) in [5.41, 5.74) is 1.17. The van der Waals surface area contributed by atoms with E-state index in [4.69, 9.17) is 23.2 Å². The summed E-state index contributed by atoms with van der Waals surface area (Å²) >= 11 is 11.8. The molecule has 1 aromatic carbocycles. The minimum atomic E-state index is 0.301. The monoisotopic (exact) mass is 245 g/mol. The van der Waals surface area contributed by atoms with Crippen LogP contribution in [0.5, 0.6) is 0 Å². The topological polar surface area (TPSA) is 12.0 Å². The van der Waals surface area contributed by atoms with Crippen molar-refractivity contribution in [3.05, 3.63) is 33.8 Å². The fraction of sp³-hybridized carbons (Fsp3) is 0.500. The van der Waals surface area contributed by atoms with Crippen molar-refractivity contribution in [1.29, 1.82) is 0 Å². The molecule has 1 rings (SSSR count). The maximum Gasteiger partial charge on any atom is 0.0595 e. The predicted octanol–water partition coefficient (Wildman–Crippen LogP) is 4.44. The van der Waals surface area contributed by atoms with Crippen molar-refractivity contribution in [2.45, 2.75) is 39.3 Å². The van der Waals surface area contributed by atoms with E-state index >= 15 is 0 Å². The van der Waals surface area contributed by atoms with Gasteiger partial charge in [-0.2, -0.15) is 0 Å². The molecule has 0 bridgehead atoms. The Hall–Kier alpha value is -0.240. The third-order valence-corrected chi connectivity index (χ3v) is 3.33. The molecule has 0 spiro atoms. The molecule has 84 valence electrons. The first-order chi connectivity index (χ1) is 7.04. The lowest BCUT2D eigenvalue weighted by molar-refractivity contribution is 0.469. The van der Waals surface area contributed by atoms with E-state index in [0.717, 1.165) is 6.42 Å². The third-order valence-electron chi connectivity index (χ3n) is 2.59. The van der Waals surface area contributed by atoms with Crippen LogP contribution in [0.4, 0.5) is 0 Å². The average Bonchev–Trinajstić information content (AvgIpc) is 2.21. The Morgan fingerprint density at radius 1 is 1.20 bits per heavy atom. The number of hydrogen-bond acceptors (Lipinski definition) is 1. The highest BCUT2D eigenvalue weighted by Crippen LogP contribution is 2.25. The first kappa shape index (κ1) is 12.8. The van der Waals surface area contributed by atoms with Gasteiger partial charge in [0, 0.05) is 12.1 Å². The van der Waals surface area contributed by atoms with E-state index < -0.39 is 0 Å². The summed E-state index contributed by atoms with van der Waals surface area (Å²) in [5.74, 6) is 0. The molecule has 0 aliphatic rings. The van der Waals surface area contributed by atoms with Crippen LogP contribution in [-0.2, 0) is 0 Å². The van der Waals surface area contributed by atoms with E-state index in [9.17, 15) is 0 Å². The van der Waals surface area contributed by atoms with Crippen molar-refractivity contribution in [3.63, 3.8) is 0 Å². The van der Waals surface area contributed by atoms with Crippen LogP contribution in [0, 0.1) is 0 Å². The van der Waals surface area contributed by atoms with Gasteiger partial charge in [0.05, 0.1) is 10.0 Å². The third kappa shape index (κ3) is 3.67. The fourth-order valence-electron chi connectivity index (χ4n) is 1.42. The second-order valence-corrected chi connectivity index (χ2v) is 4.69. The predicted molar refractivity (Wildman–Crippen MR) is 67.8 cm³/mol. The summed E-state index contributed by atoms with van der Waals surface area (Å²) in [6.45, 7) is 6.47. The first-order valence-corrected chi connectivity index (χ1v) is 6.01. The lowest BCUT2D eigenvalue weighted by Crippen LogP contribution is -2.28. The van der Waals surface area contributed by atoms with Gasteiger partial charge in [-0.15, -0.1) is 0 Å². The molecule has 0 saturated heterocycles. The van der Waals surface area contributed by atoms with Crippen LogP contribution >= 0.6 is 23.2 Å². The van der Waals surface area contributed by atoms with E-state index in [1.165, 1.54) is 5.56 Å². The maximum atomic E-state index is 5.97. The number of halogens is 2. The van der Waals surface area contributed by atoms with Crippen LogP contribution in [0.1, 0.15) is 38.8 Å². The molecule has 0 aliphatic carbocycles. The largest absolute Gasteiger partial charge is 0.308 e. The van der Waals surface area contributed by atoms with Gasteiger partial charge in [-0.3, -0.25) is 0 Å². The van der Waals surface area contributed by atoms with Gasteiger partial charge >= 0.3 is 0 Å². The molecular weight excluding hydrogens is 229 g/mol. The Balaban J connectivity index is 2.73. The van der Waals surface area contributed by atoms with Crippen LogP contribution in [0.3, 0.4) is 0 Å². The summed E-state index contributed by atoms with van der Waals surface area (Å²) in [6, 6.07) is 6.58. The minimum absolute atomic E-state index is 0.301. The molecule has 0 radical (unpaired) electrons. The van der Waals surface area contributed by atoms with Gasteiger partial charge < -0.3 is 5.32 Å². The molecule has 0 unspecified atom stereocenters. The van der Waals surface area contributed by atoms with Crippen LogP contribution in [0.25, 0.3) is 0 Å². The molecule has 0 fully saturated rings. The zero-order valence-corrected chi connectivity index (χ0v) is 10.9. The van der Waals surface area contributed by atoms with Crippen molar-refractivity contribution in [3.8, 4) is 0 Å². The van der Waals surface area contributed by atoms with E-state index in [1.807, 2.05) is 18.2 Å². The summed E-state index contributed by atoms with van der Waals surface area (Å²) in [5, 5.41) is 4.72. The standard InChI is InChI=1S/C12H17Cl2N/c1-4-8(2)15-9(3)10-5-6-11(13)12(14)7-10/h5-9,15H,4H2,1-3H3/t8-,9-/m0/s1. The highest BCUT2D eigenvalue weighted by molar-refractivity contribution is 6.42. The van der Waals surface area contributed by atoms with Crippen LogP contribution in [-0.4, -0.2) is 6.04 Å². The molecule has 1 N–H and O–H groups in total. The van der Waals surface area contributed by atoms with Gasteiger partial charge in [0.15, 0.2) is 0 Å². The van der Waals surface area contributed by atoms with Gasteiger partial charge in [-0.1, -0.05) is 36.2 Å². The molecular formula is C12H17Cl2N.